The van der Waals surface area contributed by atoms with Gasteiger partial charge in [0, 0.05) is 0 Å². The van der Waals surface area contributed by atoms with Crippen molar-refractivity contribution < 1.29 is 19.1 Å². The van der Waals surface area contributed by atoms with E-state index in [1.165, 1.54) is 0 Å². The van der Waals surface area contributed by atoms with Gasteiger partial charge in [0.1, 0.15) is 11.5 Å². The summed E-state index contributed by atoms with van der Waals surface area (Å²) in [6.07, 6.45) is 0.821. The van der Waals surface area contributed by atoms with E-state index in [0.29, 0.717) is 23.7 Å². The van der Waals surface area contributed by atoms with E-state index in [1.807, 2.05) is 49.4 Å². The average molecular weight is 464 g/mol. The minimum Gasteiger partial charge on any atom is -0.493 e. The van der Waals surface area contributed by atoms with E-state index in [2.05, 4.69) is 16.2 Å². The van der Waals surface area contributed by atoms with Crippen LogP contribution >= 0.6 is 12.2 Å². The Bertz CT molecular complexity index is 1090. The maximum absolute atomic E-state index is 12.5. The molecule has 0 saturated heterocycles. The van der Waals surface area contributed by atoms with Crippen LogP contribution in [0.5, 0.6) is 11.5 Å². The van der Waals surface area contributed by atoms with Crippen LogP contribution in [0.2, 0.25) is 0 Å². The number of thiocarbonyl (C=S) groups is 1. The Labute approximate surface area is 198 Å². The highest BCUT2D eigenvalue weighted by Gasteiger charge is 2.14. The highest BCUT2D eigenvalue weighted by Crippen LogP contribution is 2.22. The van der Waals surface area contributed by atoms with Crippen LogP contribution in [0.15, 0.2) is 78.9 Å². The zero-order chi connectivity index (χ0) is 23.5. The van der Waals surface area contributed by atoms with Gasteiger partial charge >= 0.3 is 0 Å². The number of amides is 2. The Morgan fingerprint density at radius 2 is 1.48 bits per heavy atom. The van der Waals surface area contributed by atoms with Crippen molar-refractivity contribution in [2.24, 2.45) is 0 Å². The molecule has 0 saturated carbocycles. The molecular formula is C25H25N3O4S. The molecule has 0 spiro atoms. The van der Waals surface area contributed by atoms with Gasteiger partial charge in [0.2, 0.25) is 0 Å². The molecular weight excluding hydrogens is 438 g/mol. The highest BCUT2D eigenvalue weighted by molar-refractivity contribution is 7.80. The molecule has 0 unspecified atom stereocenters. The van der Waals surface area contributed by atoms with Gasteiger partial charge in [0.15, 0.2) is 11.7 Å². The number of carbonyl (C=O) groups excluding carboxylic acids is 2. The Hall–Kier alpha value is -3.91. The lowest BCUT2D eigenvalue weighted by Crippen LogP contribution is -2.49. The number of nitrogens with one attached hydrogen (secondary N) is 3. The molecule has 170 valence electrons. The van der Waals surface area contributed by atoms with Gasteiger partial charge in [-0.25, -0.2) is 0 Å². The fourth-order valence-electron chi connectivity index (χ4n) is 2.88. The molecule has 33 heavy (non-hydrogen) atoms. The lowest BCUT2D eigenvalue weighted by Gasteiger charge is -2.13. The molecule has 0 heterocycles. The zero-order valence-electron chi connectivity index (χ0n) is 18.2. The minimum atomic E-state index is -0.453. The van der Waals surface area contributed by atoms with Crippen molar-refractivity contribution in [3.8, 4) is 22.6 Å². The molecule has 2 amide bonds. The van der Waals surface area contributed by atoms with Gasteiger partial charge < -0.3 is 9.47 Å². The van der Waals surface area contributed by atoms with Gasteiger partial charge in [-0.15, -0.1) is 0 Å². The van der Waals surface area contributed by atoms with Crippen molar-refractivity contribution in [1.29, 1.82) is 0 Å². The molecule has 0 atom stereocenters. The smallest absolute Gasteiger partial charge is 0.276 e. The van der Waals surface area contributed by atoms with Gasteiger partial charge in [-0.1, -0.05) is 61.5 Å². The summed E-state index contributed by atoms with van der Waals surface area (Å²) < 4.78 is 11.1. The molecule has 3 N–H and O–H groups in total. The molecule has 7 nitrogen and oxygen atoms in total. The van der Waals surface area contributed by atoms with Crippen LogP contribution in [0.3, 0.4) is 0 Å². The molecule has 0 aliphatic carbocycles. The molecule has 8 heteroatoms. The molecule has 3 aromatic carbocycles. The summed E-state index contributed by atoms with van der Waals surface area (Å²) in [5, 5.41) is 2.46. The van der Waals surface area contributed by atoms with Crippen molar-refractivity contribution in [3.63, 3.8) is 0 Å². The average Bonchev–Trinajstić information content (AvgIpc) is 2.86. The topological polar surface area (TPSA) is 88.7 Å². The van der Waals surface area contributed by atoms with E-state index in [4.69, 9.17) is 21.7 Å². The molecule has 0 aliphatic heterocycles. The first-order valence-electron chi connectivity index (χ1n) is 10.5. The number of para-hydroxylation sites is 1. The summed E-state index contributed by atoms with van der Waals surface area (Å²) in [6, 6.07) is 24.3. The van der Waals surface area contributed by atoms with Gasteiger partial charge in [-0.3, -0.25) is 25.8 Å². The van der Waals surface area contributed by atoms with E-state index in [-0.39, 0.29) is 11.7 Å². The highest BCUT2D eigenvalue weighted by atomic mass is 32.1. The zero-order valence-corrected chi connectivity index (χ0v) is 19.0. The Morgan fingerprint density at radius 1 is 0.818 bits per heavy atom. The van der Waals surface area contributed by atoms with Crippen molar-refractivity contribution in [2.45, 2.75) is 13.3 Å². The maximum Gasteiger partial charge on any atom is 0.276 e. The molecule has 0 radical (unpaired) electrons. The SMILES string of the molecule is CCCOc1ccccc1C(=O)NC(=S)NNC(=O)COc1ccc(-c2ccccc2)cc1. The van der Waals surface area contributed by atoms with Gasteiger partial charge in [0.05, 0.1) is 12.2 Å². The maximum atomic E-state index is 12.5. The van der Waals surface area contributed by atoms with E-state index < -0.39 is 11.8 Å². The Kier molecular flexibility index (Phi) is 8.79. The number of ether oxygens (including phenoxy) is 2. The number of rotatable bonds is 8. The summed E-state index contributed by atoms with van der Waals surface area (Å²) in [5.41, 5.74) is 7.39. The van der Waals surface area contributed by atoms with Crippen LogP contribution in [0.4, 0.5) is 0 Å². The molecule has 0 aromatic heterocycles. The van der Waals surface area contributed by atoms with Crippen LogP contribution in [0, 0.1) is 0 Å². The van der Waals surface area contributed by atoms with Crippen molar-refractivity contribution in [2.75, 3.05) is 13.2 Å². The molecule has 0 aliphatic rings. The largest absolute Gasteiger partial charge is 0.493 e. The minimum absolute atomic E-state index is 0.0501. The van der Waals surface area contributed by atoms with Crippen LogP contribution in [-0.4, -0.2) is 30.1 Å². The lowest BCUT2D eigenvalue weighted by atomic mass is 10.1. The van der Waals surface area contributed by atoms with Crippen molar-refractivity contribution in [1.82, 2.24) is 16.2 Å². The molecule has 0 bridgehead atoms. The van der Waals surface area contributed by atoms with Crippen LogP contribution < -0.4 is 25.6 Å². The lowest BCUT2D eigenvalue weighted by molar-refractivity contribution is -0.123. The number of hydrazine groups is 1. The van der Waals surface area contributed by atoms with Crippen molar-refractivity contribution >= 4 is 29.1 Å². The fraction of sp³-hybridized carbons (Fsp3) is 0.160. The summed E-state index contributed by atoms with van der Waals surface area (Å²) in [7, 11) is 0. The summed E-state index contributed by atoms with van der Waals surface area (Å²) in [6.45, 7) is 2.26. The third kappa shape index (κ3) is 7.33. The van der Waals surface area contributed by atoms with Crippen molar-refractivity contribution in [3.05, 3.63) is 84.4 Å². The van der Waals surface area contributed by atoms with Gasteiger partial charge in [-0.05, 0) is 54.0 Å². The number of hydrogen-bond acceptors (Lipinski definition) is 5. The van der Waals surface area contributed by atoms with Crippen LogP contribution in [-0.2, 0) is 4.79 Å². The number of carbonyl (C=O) groups is 2. The second-order valence-corrected chi connectivity index (χ2v) is 7.39. The van der Waals surface area contributed by atoms with Crippen LogP contribution in [0.1, 0.15) is 23.7 Å². The quantitative estimate of drug-likeness (QED) is 0.347. The van der Waals surface area contributed by atoms with E-state index >= 15 is 0 Å². The van der Waals surface area contributed by atoms with Crippen LogP contribution in [0.25, 0.3) is 11.1 Å². The molecule has 3 aromatic rings. The first kappa shape index (κ1) is 23.7. The van der Waals surface area contributed by atoms with Gasteiger partial charge in [-0.2, -0.15) is 0 Å². The summed E-state index contributed by atoms with van der Waals surface area (Å²) >= 11 is 5.08. The second kappa shape index (κ2) is 12.2. The van der Waals surface area contributed by atoms with E-state index in [1.54, 1.807) is 36.4 Å². The number of benzene rings is 3. The predicted molar refractivity (Wildman–Crippen MR) is 131 cm³/mol. The first-order chi connectivity index (χ1) is 16.1. The second-order valence-electron chi connectivity index (χ2n) is 6.98. The Balaban J connectivity index is 1.42. The summed E-state index contributed by atoms with van der Waals surface area (Å²) in [5.74, 6) is 0.133. The monoisotopic (exact) mass is 463 g/mol. The van der Waals surface area contributed by atoms with Gasteiger partial charge in [0.25, 0.3) is 11.8 Å². The van der Waals surface area contributed by atoms with E-state index in [0.717, 1.165) is 17.5 Å². The molecule has 0 fully saturated rings. The van der Waals surface area contributed by atoms with E-state index in [9.17, 15) is 9.59 Å². The third-order valence-electron chi connectivity index (χ3n) is 4.47. The fourth-order valence-corrected chi connectivity index (χ4v) is 3.02. The summed E-state index contributed by atoms with van der Waals surface area (Å²) in [4.78, 5) is 24.5. The standard InChI is InChI=1S/C25H25N3O4S/c1-2-16-31-22-11-7-6-10-21(22)24(30)26-25(33)28-27-23(29)17-32-20-14-12-19(13-15-20)18-8-4-3-5-9-18/h3-15H,2,16-17H2,1H3,(H,27,29)(H2,26,28,30,33). The Morgan fingerprint density at radius 3 is 2.21 bits per heavy atom. The predicted octanol–water partition coefficient (Wildman–Crippen LogP) is 3.86. The molecule has 3 rings (SSSR count). The number of hydrogen-bond donors (Lipinski definition) is 3. The normalized spacial score (nSPS) is 10.1. The first-order valence-corrected chi connectivity index (χ1v) is 10.9. The third-order valence-corrected chi connectivity index (χ3v) is 4.67.